The van der Waals surface area contributed by atoms with Gasteiger partial charge in [0.05, 0.1) is 6.04 Å². The maximum atomic E-state index is 11.8. The summed E-state index contributed by atoms with van der Waals surface area (Å²) < 4.78 is 0. The average molecular weight is 277 g/mol. The number of carbonyl (C=O) groups excluding carboxylic acids is 1. The minimum atomic E-state index is -0.343. The van der Waals surface area contributed by atoms with E-state index < -0.39 is 0 Å². The van der Waals surface area contributed by atoms with Crippen molar-refractivity contribution in [2.45, 2.75) is 59.4 Å². The molecule has 1 fully saturated rings. The fourth-order valence-electron chi connectivity index (χ4n) is 2.52. The maximum absolute atomic E-state index is 11.8. The third kappa shape index (κ3) is 6.05. The van der Waals surface area contributed by atoms with Crippen LogP contribution in [0.25, 0.3) is 0 Å². The van der Waals surface area contributed by atoms with Crippen LogP contribution in [0, 0.1) is 17.3 Å². The number of halogens is 1. The van der Waals surface area contributed by atoms with Crippen LogP contribution in [0.3, 0.4) is 0 Å². The second kappa shape index (κ2) is 7.34. The highest BCUT2D eigenvalue weighted by molar-refractivity contribution is 5.85. The van der Waals surface area contributed by atoms with Crippen LogP contribution >= 0.6 is 12.4 Å². The zero-order valence-corrected chi connectivity index (χ0v) is 13.0. The monoisotopic (exact) mass is 276 g/mol. The second-order valence-corrected chi connectivity index (χ2v) is 6.55. The number of hydrogen-bond donors (Lipinski definition) is 2. The lowest BCUT2D eigenvalue weighted by Gasteiger charge is -2.20. The average Bonchev–Trinajstić information content (AvgIpc) is 2.92. The number of carbonyl (C=O) groups is 1. The summed E-state index contributed by atoms with van der Waals surface area (Å²) in [6.07, 6.45) is 4.49. The predicted molar refractivity (Wildman–Crippen MR) is 78.8 cm³/mol. The quantitative estimate of drug-likeness (QED) is 0.751. The lowest BCUT2D eigenvalue weighted by atomic mass is 9.94. The normalized spacial score (nSPS) is 18.4. The Morgan fingerprint density at radius 2 is 1.78 bits per heavy atom. The zero-order chi connectivity index (χ0) is 13.1. The molecule has 1 aliphatic rings. The molecule has 3 N–H and O–H groups in total. The van der Waals surface area contributed by atoms with E-state index in [1.54, 1.807) is 0 Å². The largest absolute Gasteiger partial charge is 0.354 e. The highest BCUT2D eigenvalue weighted by Crippen LogP contribution is 2.49. The van der Waals surface area contributed by atoms with Crippen molar-refractivity contribution < 1.29 is 4.79 Å². The first kappa shape index (κ1) is 17.7. The van der Waals surface area contributed by atoms with Crippen LogP contribution in [0.4, 0.5) is 0 Å². The highest BCUT2D eigenvalue weighted by Gasteiger charge is 2.42. The van der Waals surface area contributed by atoms with Gasteiger partial charge in [-0.2, -0.15) is 0 Å². The van der Waals surface area contributed by atoms with Gasteiger partial charge >= 0.3 is 0 Å². The molecule has 1 amide bonds. The van der Waals surface area contributed by atoms with Gasteiger partial charge in [0, 0.05) is 6.54 Å². The summed E-state index contributed by atoms with van der Waals surface area (Å²) in [5, 5.41) is 3.03. The van der Waals surface area contributed by atoms with E-state index in [9.17, 15) is 4.79 Å². The van der Waals surface area contributed by atoms with Crippen LogP contribution in [0.5, 0.6) is 0 Å². The van der Waals surface area contributed by atoms with E-state index in [1.807, 2.05) is 0 Å². The Labute approximate surface area is 118 Å². The number of hydrogen-bond acceptors (Lipinski definition) is 2. The van der Waals surface area contributed by atoms with Gasteiger partial charge in [0.25, 0.3) is 0 Å². The Morgan fingerprint density at radius 1 is 1.22 bits per heavy atom. The van der Waals surface area contributed by atoms with Gasteiger partial charge < -0.3 is 11.1 Å². The van der Waals surface area contributed by atoms with Crippen molar-refractivity contribution in [1.29, 1.82) is 0 Å². The van der Waals surface area contributed by atoms with Gasteiger partial charge in [0.1, 0.15) is 0 Å². The number of rotatable bonds is 7. The van der Waals surface area contributed by atoms with E-state index in [0.29, 0.717) is 17.3 Å². The summed E-state index contributed by atoms with van der Waals surface area (Å²) in [5.74, 6) is 1.20. The Bertz CT molecular complexity index is 263. The first-order valence-electron chi connectivity index (χ1n) is 6.88. The molecule has 0 spiro atoms. The molecule has 0 saturated heterocycles. The molecule has 0 aromatic heterocycles. The van der Waals surface area contributed by atoms with E-state index in [-0.39, 0.29) is 24.4 Å². The van der Waals surface area contributed by atoms with Gasteiger partial charge in [0.15, 0.2) is 0 Å². The molecule has 1 atom stereocenters. The van der Waals surface area contributed by atoms with Crippen molar-refractivity contribution in [3.8, 4) is 0 Å². The number of nitrogens with one attached hydrogen (secondary N) is 1. The number of amides is 1. The fraction of sp³-hybridized carbons (Fsp3) is 0.929. The molecule has 0 heterocycles. The molecule has 1 aliphatic carbocycles. The Kier molecular flexibility index (Phi) is 7.23. The molecule has 3 nitrogen and oxygen atoms in total. The first-order valence-corrected chi connectivity index (χ1v) is 6.88. The molecular formula is C14H29ClN2O. The molecule has 0 radical (unpaired) electrons. The maximum Gasteiger partial charge on any atom is 0.236 e. The molecule has 1 rings (SSSR count). The van der Waals surface area contributed by atoms with Crippen LogP contribution in [0.15, 0.2) is 0 Å². The van der Waals surface area contributed by atoms with Gasteiger partial charge in [-0.25, -0.2) is 0 Å². The van der Waals surface area contributed by atoms with E-state index in [2.05, 4.69) is 33.0 Å². The van der Waals surface area contributed by atoms with Crippen molar-refractivity contribution in [2.75, 3.05) is 6.54 Å². The molecule has 18 heavy (non-hydrogen) atoms. The fourth-order valence-corrected chi connectivity index (χ4v) is 2.52. The Hall–Kier alpha value is -0.280. The third-order valence-corrected chi connectivity index (χ3v) is 3.50. The topological polar surface area (TPSA) is 55.1 Å². The van der Waals surface area contributed by atoms with Gasteiger partial charge in [-0.05, 0) is 42.9 Å². The highest BCUT2D eigenvalue weighted by atomic mass is 35.5. The minimum Gasteiger partial charge on any atom is -0.354 e. The van der Waals surface area contributed by atoms with E-state index in [4.69, 9.17) is 5.73 Å². The molecule has 108 valence electrons. The first-order chi connectivity index (χ1) is 7.84. The third-order valence-electron chi connectivity index (χ3n) is 3.50. The molecule has 4 heteroatoms. The van der Waals surface area contributed by atoms with Crippen LogP contribution in [0.2, 0.25) is 0 Å². The van der Waals surface area contributed by atoms with Gasteiger partial charge in [-0.15, -0.1) is 12.4 Å². The van der Waals surface area contributed by atoms with Crippen LogP contribution in [-0.2, 0) is 4.79 Å². The molecule has 0 aromatic rings. The van der Waals surface area contributed by atoms with Gasteiger partial charge in [0.2, 0.25) is 5.91 Å². The molecule has 1 saturated carbocycles. The molecule has 0 aliphatic heterocycles. The lowest BCUT2D eigenvalue weighted by Crippen LogP contribution is -2.43. The minimum absolute atomic E-state index is 0. The summed E-state index contributed by atoms with van der Waals surface area (Å²) in [7, 11) is 0. The van der Waals surface area contributed by atoms with Crippen LogP contribution in [-0.4, -0.2) is 18.5 Å². The molecule has 0 bridgehead atoms. The number of nitrogens with two attached hydrogens (primary N) is 1. The van der Waals surface area contributed by atoms with Crippen molar-refractivity contribution >= 4 is 18.3 Å². The molecule has 0 aromatic carbocycles. The predicted octanol–water partition coefficient (Wildman–Crippen LogP) is 2.72. The molecule has 0 unspecified atom stereocenters. The Morgan fingerprint density at radius 3 is 2.17 bits per heavy atom. The zero-order valence-electron chi connectivity index (χ0n) is 12.2. The van der Waals surface area contributed by atoms with Gasteiger partial charge in [-0.1, -0.05) is 27.7 Å². The standard InChI is InChI=1S/C14H28N2O.ClH/c1-10(2)7-12(15)13(17)16-9-14(5-6-14)8-11(3)4;/h10-12H,5-9,15H2,1-4H3,(H,16,17);1H/t12-;/m0./s1. The van der Waals surface area contributed by atoms with E-state index in [1.165, 1.54) is 19.3 Å². The van der Waals surface area contributed by atoms with Crippen molar-refractivity contribution in [2.24, 2.45) is 23.0 Å². The SMILES string of the molecule is CC(C)C[C@H](N)C(=O)NCC1(CC(C)C)CC1.Cl. The van der Waals surface area contributed by atoms with Gasteiger partial charge in [-0.3, -0.25) is 4.79 Å². The summed E-state index contributed by atoms with van der Waals surface area (Å²) in [6, 6.07) is -0.343. The molecular weight excluding hydrogens is 248 g/mol. The summed E-state index contributed by atoms with van der Waals surface area (Å²) in [5.41, 5.74) is 6.25. The van der Waals surface area contributed by atoms with Crippen molar-refractivity contribution in [3.05, 3.63) is 0 Å². The summed E-state index contributed by atoms with van der Waals surface area (Å²) in [6.45, 7) is 9.48. The van der Waals surface area contributed by atoms with Crippen molar-refractivity contribution in [3.63, 3.8) is 0 Å². The van der Waals surface area contributed by atoms with Crippen molar-refractivity contribution in [1.82, 2.24) is 5.32 Å². The van der Waals surface area contributed by atoms with E-state index in [0.717, 1.165) is 13.0 Å². The summed E-state index contributed by atoms with van der Waals surface area (Å²) >= 11 is 0. The summed E-state index contributed by atoms with van der Waals surface area (Å²) in [4.78, 5) is 11.8. The van der Waals surface area contributed by atoms with E-state index >= 15 is 0 Å². The lowest BCUT2D eigenvalue weighted by molar-refractivity contribution is -0.123. The van der Waals surface area contributed by atoms with Crippen LogP contribution in [0.1, 0.15) is 53.4 Å². The smallest absolute Gasteiger partial charge is 0.236 e. The van der Waals surface area contributed by atoms with Crippen LogP contribution < -0.4 is 11.1 Å². The Balaban J connectivity index is 0.00000289. The second-order valence-electron chi connectivity index (χ2n) is 6.55.